The molecule has 1 unspecified atom stereocenters. The number of benzene rings is 1. The van der Waals surface area contributed by atoms with E-state index in [1.54, 1.807) is 18.2 Å². The summed E-state index contributed by atoms with van der Waals surface area (Å²) in [6.45, 7) is 2.00. The molecular formula is C18H21ClN2O4. The van der Waals surface area contributed by atoms with Crippen LogP contribution in [0.5, 0.6) is 0 Å². The van der Waals surface area contributed by atoms with Gasteiger partial charge < -0.3 is 19.8 Å². The third-order valence-electron chi connectivity index (χ3n) is 5.28. The maximum Gasteiger partial charge on any atom is 0.373 e. The van der Waals surface area contributed by atoms with Crippen LogP contribution >= 0.6 is 12.4 Å². The van der Waals surface area contributed by atoms with Crippen LogP contribution in [0.4, 0.5) is 5.69 Å². The highest BCUT2D eigenvalue weighted by molar-refractivity contribution is 5.98. The van der Waals surface area contributed by atoms with Crippen LogP contribution in [-0.2, 0) is 9.53 Å². The van der Waals surface area contributed by atoms with Crippen LogP contribution in [0.2, 0.25) is 0 Å². The average Bonchev–Trinajstić information content (AvgIpc) is 3.11. The van der Waals surface area contributed by atoms with Crippen LogP contribution in [0.15, 0.2) is 28.7 Å². The number of methoxy groups -OCH3 is 1. The predicted octanol–water partition coefficient (Wildman–Crippen LogP) is 2.97. The number of carbonyl (C=O) groups excluding carboxylic acids is 2. The lowest BCUT2D eigenvalue weighted by Gasteiger charge is -2.23. The summed E-state index contributed by atoms with van der Waals surface area (Å²) in [4.78, 5) is 24.0. The normalized spacial score (nSPS) is 20.8. The number of carbonyl (C=O) groups is 2. The maximum atomic E-state index is 12.5. The summed E-state index contributed by atoms with van der Waals surface area (Å²) in [5.74, 6) is -0.146. The van der Waals surface area contributed by atoms with Crippen molar-refractivity contribution in [2.75, 3.05) is 25.5 Å². The van der Waals surface area contributed by atoms with E-state index in [4.69, 9.17) is 4.42 Å². The molecule has 1 aromatic carbocycles. The van der Waals surface area contributed by atoms with E-state index in [1.807, 2.05) is 6.07 Å². The molecule has 1 aromatic heterocycles. The van der Waals surface area contributed by atoms with Gasteiger partial charge in [-0.25, -0.2) is 4.79 Å². The van der Waals surface area contributed by atoms with Gasteiger partial charge in [0.15, 0.2) is 0 Å². The van der Waals surface area contributed by atoms with E-state index in [9.17, 15) is 9.59 Å². The summed E-state index contributed by atoms with van der Waals surface area (Å²) in [5.41, 5.74) is 1.53. The van der Waals surface area contributed by atoms with Gasteiger partial charge in [-0.2, -0.15) is 0 Å². The van der Waals surface area contributed by atoms with Gasteiger partial charge in [0.1, 0.15) is 5.58 Å². The first kappa shape index (κ1) is 17.8. The van der Waals surface area contributed by atoms with Crippen molar-refractivity contribution in [3.05, 3.63) is 30.0 Å². The van der Waals surface area contributed by atoms with Gasteiger partial charge in [-0.3, -0.25) is 4.79 Å². The molecule has 7 heteroatoms. The van der Waals surface area contributed by atoms with Crippen LogP contribution in [0, 0.1) is 11.3 Å². The molecule has 0 bridgehead atoms. The third-order valence-corrected chi connectivity index (χ3v) is 5.28. The van der Waals surface area contributed by atoms with E-state index in [0.717, 1.165) is 43.4 Å². The Bertz CT molecular complexity index is 811. The Morgan fingerprint density at radius 2 is 2.04 bits per heavy atom. The summed E-state index contributed by atoms with van der Waals surface area (Å²) in [7, 11) is 1.31. The molecule has 134 valence electrons. The SMILES string of the molecule is COC(=O)c1cc2cc(NC(=O)C3CC34CCNCC4)ccc2o1.Cl. The molecule has 6 nitrogen and oxygen atoms in total. The van der Waals surface area contributed by atoms with Crippen molar-refractivity contribution in [2.24, 2.45) is 11.3 Å². The van der Waals surface area contributed by atoms with Gasteiger partial charge in [0.2, 0.25) is 11.7 Å². The number of ether oxygens (including phenoxy) is 1. The fourth-order valence-electron chi connectivity index (χ4n) is 3.75. The van der Waals surface area contributed by atoms with Crippen LogP contribution in [-0.4, -0.2) is 32.1 Å². The number of rotatable bonds is 3. The van der Waals surface area contributed by atoms with Crippen LogP contribution in [0.25, 0.3) is 11.0 Å². The fraction of sp³-hybridized carbons (Fsp3) is 0.444. The zero-order valence-corrected chi connectivity index (χ0v) is 14.8. The molecule has 1 amide bonds. The van der Waals surface area contributed by atoms with E-state index < -0.39 is 5.97 Å². The van der Waals surface area contributed by atoms with Gasteiger partial charge in [0.05, 0.1) is 7.11 Å². The minimum Gasteiger partial charge on any atom is -0.463 e. The second kappa shape index (κ2) is 6.69. The maximum absolute atomic E-state index is 12.5. The lowest BCUT2D eigenvalue weighted by Crippen LogP contribution is -2.31. The molecule has 2 fully saturated rings. The first-order valence-electron chi connectivity index (χ1n) is 8.25. The van der Waals surface area contributed by atoms with Crippen molar-refractivity contribution < 1.29 is 18.7 Å². The fourth-order valence-corrected chi connectivity index (χ4v) is 3.75. The Labute approximate surface area is 151 Å². The Kier molecular flexibility index (Phi) is 4.75. The zero-order chi connectivity index (χ0) is 16.7. The Morgan fingerprint density at radius 1 is 1.28 bits per heavy atom. The number of halogens is 1. The van der Waals surface area contributed by atoms with Crippen LogP contribution in [0.1, 0.15) is 29.8 Å². The number of fused-ring (bicyclic) bond motifs is 1. The molecule has 0 radical (unpaired) electrons. The highest BCUT2D eigenvalue weighted by Crippen LogP contribution is 2.58. The number of anilines is 1. The van der Waals surface area contributed by atoms with Gasteiger partial charge in [-0.15, -0.1) is 12.4 Å². The first-order valence-corrected chi connectivity index (χ1v) is 8.25. The van der Waals surface area contributed by atoms with Crippen molar-refractivity contribution in [3.8, 4) is 0 Å². The number of esters is 1. The second-order valence-corrected chi connectivity index (χ2v) is 6.71. The smallest absolute Gasteiger partial charge is 0.373 e. The standard InChI is InChI=1S/C18H20N2O4.ClH/c1-23-17(22)15-9-11-8-12(2-3-14(11)24-15)20-16(21)13-10-18(13)4-6-19-7-5-18;/h2-3,8-9,13,19H,4-7,10H2,1H3,(H,20,21);1H. The molecule has 2 heterocycles. The lowest BCUT2D eigenvalue weighted by molar-refractivity contribution is -0.118. The van der Waals surface area contributed by atoms with Crippen molar-refractivity contribution in [3.63, 3.8) is 0 Å². The van der Waals surface area contributed by atoms with Gasteiger partial charge in [0, 0.05) is 17.0 Å². The van der Waals surface area contributed by atoms with Gasteiger partial charge >= 0.3 is 5.97 Å². The van der Waals surface area contributed by atoms with Crippen LogP contribution in [0.3, 0.4) is 0 Å². The Hall–Kier alpha value is -2.05. The van der Waals surface area contributed by atoms with Crippen molar-refractivity contribution in [1.29, 1.82) is 0 Å². The number of hydrogen-bond acceptors (Lipinski definition) is 5. The highest BCUT2D eigenvalue weighted by atomic mass is 35.5. The summed E-state index contributed by atoms with van der Waals surface area (Å²) in [6.07, 6.45) is 3.14. The predicted molar refractivity (Wildman–Crippen MR) is 96.1 cm³/mol. The molecule has 1 saturated heterocycles. The molecule has 1 aliphatic heterocycles. The number of nitrogens with one attached hydrogen (secondary N) is 2. The van der Waals surface area contributed by atoms with Crippen molar-refractivity contribution in [1.82, 2.24) is 5.32 Å². The van der Waals surface area contributed by atoms with Crippen LogP contribution < -0.4 is 10.6 Å². The van der Waals surface area contributed by atoms with E-state index in [1.165, 1.54) is 7.11 Å². The summed E-state index contributed by atoms with van der Waals surface area (Å²) >= 11 is 0. The zero-order valence-electron chi connectivity index (χ0n) is 14.0. The molecule has 2 aromatic rings. The van der Waals surface area contributed by atoms with E-state index in [0.29, 0.717) is 5.58 Å². The van der Waals surface area contributed by atoms with Gasteiger partial charge in [0.25, 0.3) is 0 Å². The minimum absolute atomic E-state index is 0. The van der Waals surface area contributed by atoms with Crippen molar-refractivity contribution in [2.45, 2.75) is 19.3 Å². The van der Waals surface area contributed by atoms with Gasteiger partial charge in [-0.1, -0.05) is 0 Å². The highest BCUT2D eigenvalue weighted by Gasteiger charge is 2.57. The summed E-state index contributed by atoms with van der Waals surface area (Å²) in [6, 6.07) is 7.00. The summed E-state index contributed by atoms with van der Waals surface area (Å²) in [5, 5.41) is 7.11. The monoisotopic (exact) mass is 364 g/mol. The second-order valence-electron chi connectivity index (χ2n) is 6.71. The molecule has 2 N–H and O–H groups in total. The molecule has 1 spiro atoms. The van der Waals surface area contributed by atoms with Crippen molar-refractivity contribution >= 4 is 40.9 Å². The quantitative estimate of drug-likeness (QED) is 0.818. The molecule has 1 aliphatic carbocycles. The molecular weight excluding hydrogens is 344 g/mol. The Morgan fingerprint density at radius 3 is 2.76 bits per heavy atom. The van der Waals surface area contributed by atoms with Gasteiger partial charge in [-0.05, 0) is 62.0 Å². The number of piperidine rings is 1. The number of amides is 1. The molecule has 1 atom stereocenters. The lowest BCUT2D eigenvalue weighted by atomic mass is 9.92. The first-order chi connectivity index (χ1) is 11.6. The van der Waals surface area contributed by atoms with E-state index in [-0.39, 0.29) is 35.4 Å². The average molecular weight is 365 g/mol. The number of furan rings is 1. The topological polar surface area (TPSA) is 80.6 Å². The Balaban J connectivity index is 0.00000182. The number of hydrogen-bond donors (Lipinski definition) is 2. The molecule has 25 heavy (non-hydrogen) atoms. The minimum atomic E-state index is -0.511. The molecule has 1 saturated carbocycles. The molecule has 2 aliphatic rings. The van der Waals surface area contributed by atoms with E-state index in [2.05, 4.69) is 15.4 Å². The summed E-state index contributed by atoms with van der Waals surface area (Å²) < 4.78 is 10.1. The largest absolute Gasteiger partial charge is 0.463 e. The van der Waals surface area contributed by atoms with E-state index >= 15 is 0 Å². The third kappa shape index (κ3) is 3.24. The molecule has 4 rings (SSSR count).